The molecule has 0 aliphatic rings. The molecule has 0 unspecified atom stereocenters. The number of amidine groups is 1. The summed E-state index contributed by atoms with van der Waals surface area (Å²) in [4.78, 5) is 4.08. The molecular formula is C14H15N3O2. The van der Waals surface area contributed by atoms with E-state index in [1.165, 1.54) is 11.8 Å². The van der Waals surface area contributed by atoms with E-state index >= 15 is 0 Å². The normalized spacial score (nSPS) is 11.3. The molecule has 0 spiro atoms. The van der Waals surface area contributed by atoms with Crippen molar-refractivity contribution in [3.05, 3.63) is 59.8 Å². The van der Waals surface area contributed by atoms with Gasteiger partial charge in [-0.3, -0.25) is 0 Å². The second-order valence-electron chi connectivity index (χ2n) is 3.95. The summed E-state index contributed by atoms with van der Waals surface area (Å²) < 4.78 is 5.52. The number of rotatable bonds is 5. The van der Waals surface area contributed by atoms with Gasteiger partial charge in [0.15, 0.2) is 5.84 Å². The van der Waals surface area contributed by atoms with Gasteiger partial charge in [-0.15, -0.1) is 0 Å². The third kappa shape index (κ3) is 3.70. The van der Waals surface area contributed by atoms with E-state index in [1.807, 2.05) is 18.2 Å². The number of nitrogens with zero attached hydrogens (tertiary/aromatic N) is 2. The van der Waals surface area contributed by atoms with Gasteiger partial charge in [-0.2, -0.15) is 0 Å². The molecule has 3 N–H and O–H groups in total. The van der Waals surface area contributed by atoms with Crippen molar-refractivity contribution in [3.63, 3.8) is 0 Å². The summed E-state index contributed by atoms with van der Waals surface area (Å²) >= 11 is 0. The van der Waals surface area contributed by atoms with Gasteiger partial charge in [0.1, 0.15) is 0 Å². The van der Waals surface area contributed by atoms with Crippen molar-refractivity contribution in [2.24, 2.45) is 10.9 Å². The van der Waals surface area contributed by atoms with Crippen molar-refractivity contribution in [2.45, 2.75) is 6.42 Å². The lowest BCUT2D eigenvalue weighted by atomic mass is 10.2. The number of hydrogen-bond donors (Lipinski definition) is 2. The lowest BCUT2D eigenvalue weighted by molar-refractivity contribution is 0.309. The van der Waals surface area contributed by atoms with Crippen LogP contribution in [0.3, 0.4) is 0 Å². The van der Waals surface area contributed by atoms with Crippen LogP contribution in [0.1, 0.15) is 11.1 Å². The van der Waals surface area contributed by atoms with Gasteiger partial charge < -0.3 is 15.7 Å². The highest BCUT2D eigenvalue weighted by Gasteiger charge is 2.01. The van der Waals surface area contributed by atoms with Crippen LogP contribution in [-0.2, 0) is 6.42 Å². The second kappa shape index (κ2) is 6.39. The van der Waals surface area contributed by atoms with Crippen LogP contribution in [0.5, 0.6) is 5.88 Å². The van der Waals surface area contributed by atoms with E-state index in [4.69, 9.17) is 15.7 Å². The molecule has 0 fully saturated rings. The first kappa shape index (κ1) is 12.9. The predicted octanol–water partition coefficient (Wildman–Crippen LogP) is 1.80. The highest BCUT2D eigenvalue weighted by atomic mass is 16.5. The Kier molecular flexibility index (Phi) is 4.34. The van der Waals surface area contributed by atoms with E-state index in [0.717, 1.165) is 6.42 Å². The molecule has 0 amide bonds. The zero-order chi connectivity index (χ0) is 13.5. The monoisotopic (exact) mass is 257 g/mol. The fourth-order valence-electron chi connectivity index (χ4n) is 1.59. The minimum atomic E-state index is 0.0309. The lowest BCUT2D eigenvalue weighted by Gasteiger charge is -2.06. The maximum Gasteiger partial charge on any atom is 0.213 e. The van der Waals surface area contributed by atoms with Crippen LogP contribution in [-0.4, -0.2) is 22.6 Å². The molecule has 0 radical (unpaired) electrons. The Balaban J connectivity index is 1.87. The van der Waals surface area contributed by atoms with Gasteiger partial charge in [-0.25, -0.2) is 4.98 Å². The third-order valence-corrected chi connectivity index (χ3v) is 2.62. The van der Waals surface area contributed by atoms with Crippen LogP contribution in [0.2, 0.25) is 0 Å². The Morgan fingerprint density at radius 3 is 2.63 bits per heavy atom. The van der Waals surface area contributed by atoms with Crippen molar-refractivity contribution in [1.82, 2.24) is 4.98 Å². The van der Waals surface area contributed by atoms with Crippen molar-refractivity contribution in [2.75, 3.05) is 6.61 Å². The van der Waals surface area contributed by atoms with Gasteiger partial charge in [0.05, 0.1) is 6.61 Å². The molecule has 98 valence electrons. The highest BCUT2D eigenvalue weighted by molar-refractivity contribution is 5.96. The van der Waals surface area contributed by atoms with Crippen molar-refractivity contribution >= 4 is 5.84 Å². The third-order valence-electron chi connectivity index (χ3n) is 2.62. The SMILES string of the molecule is NC(=NO)c1ccc(OCCc2ccccc2)nc1. The Hall–Kier alpha value is -2.56. The summed E-state index contributed by atoms with van der Waals surface area (Å²) in [5.41, 5.74) is 7.21. The number of oxime groups is 1. The van der Waals surface area contributed by atoms with Crippen LogP contribution >= 0.6 is 0 Å². The second-order valence-corrected chi connectivity index (χ2v) is 3.95. The number of aromatic nitrogens is 1. The summed E-state index contributed by atoms with van der Waals surface area (Å²) in [5, 5.41) is 11.4. The van der Waals surface area contributed by atoms with Gasteiger partial charge >= 0.3 is 0 Å². The van der Waals surface area contributed by atoms with Crippen LogP contribution < -0.4 is 10.5 Å². The summed E-state index contributed by atoms with van der Waals surface area (Å²) in [6, 6.07) is 13.5. The van der Waals surface area contributed by atoms with E-state index < -0.39 is 0 Å². The van der Waals surface area contributed by atoms with Crippen LogP contribution in [0.15, 0.2) is 53.8 Å². The molecule has 19 heavy (non-hydrogen) atoms. The molecule has 0 aliphatic carbocycles. The quantitative estimate of drug-likeness (QED) is 0.370. The molecule has 5 heteroatoms. The molecule has 2 rings (SSSR count). The molecule has 0 atom stereocenters. The van der Waals surface area contributed by atoms with Gasteiger partial charge in [-0.1, -0.05) is 35.5 Å². The Bertz CT molecular complexity index is 538. The molecule has 5 nitrogen and oxygen atoms in total. The van der Waals surface area contributed by atoms with Gasteiger partial charge in [0.2, 0.25) is 5.88 Å². The fourth-order valence-corrected chi connectivity index (χ4v) is 1.59. The number of hydrogen-bond acceptors (Lipinski definition) is 4. The van der Waals surface area contributed by atoms with E-state index in [2.05, 4.69) is 22.3 Å². The summed E-state index contributed by atoms with van der Waals surface area (Å²) in [5.74, 6) is 0.550. The van der Waals surface area contributed by atoms with Gasteiger partial charge in [0.25, 0.3) is 0 Å². The number of pyridine rings is 1. The van der Waals surface area contributed by atoms with E-state index in [-0.39, 0.29) is 5.84 Å². The van der Waals surface area contributed by atoms with Crippen molar-refractivity contribution < 1.29 is 9.94 Å². The van der Waals surface area contributed by atoms with E-state index in [0.29, 0.717) is 18.1 Å². The average Bonchev–Trinajstić information content (AvgIpc) is 2.48. The number of benzene rings is 1. The van der Waals surface area contributed by atoms with E-state index in [9.17, 15) is 0 Å². The number of ether oxygens (including phenoxy) is 1. The maximum atomic E-state index is 8.53. The maximum absolute atomic E-state index is 8.53. The zero-order valence-corrected chi connectivity index (χ0v) is 10.4. The molecule has 2 aromatic rings. The fraction of sp³-hybridized carbons (Fsp3) is 0.143. The minimum Gasteiger partial charge on any atom is -0.477 e. The lowest BCUT2D eigenvalue weighted by Crippen LogP contribution is -2.13. The van der Waals surface area contributed by atoms with Crippen LogP contribution in [0, 0.1) is 0 Å². The molecular weight excluding hydrogens is 242 g/mol. The van der Waals surface area contributed by atoms with E-state index in [1.54, 1.807) is 12.1 Å². The molecule has 1 aromatic carbocycles. The Labute approximate surface area is 111 Å². The van der Waals surface area contributed by atoms with Crippen LogP contribution in [0.4, 0.5) is 0 Å². The molecule has 0 saturated heterocycles. The van der Waals surface area contributed by atoms with Gasteiger partial charge in [0, 0.05) is 24.2 Å². The molecule has 0 saturated carbocycles. The molecule has 0 aliphatic heterocycles. The Morgan fingerprint density at radius 1 is 1.21 bits per heavy atom. The first-order valence-electron chi connectivity index (χ1n) is 5.90. The summed E-state index contributed by atoms with van der Waals surface area (Å²) in [6.45, 7) is 0.555. The molecule has 0 bridgehead atoms. The largest absolute Gasteiger partial charge is 0.477 e. The minimum absolute atomic E-state index is 0.0309. The average molecular weight is 257 g/mol. The smallest absolute Gasteiger partial charge is 0.213 e. The predicted molar refractivity (Wildman–Crippen MR) is 72.4 cm³/mol. The zero-order valence-electron chi connectivity index (χ0n) is 10.4. The summed E-state index contributed by atoms with van der Waals surface area (Å²) in [6.07, 6.45) is 2.33. The standard InChI is InChI=1S/C14H15N3O2/c15-14(17-18)12-6-7-13(16-10-12)19-9-8-11-4-2-1-3-5-11/h1-7,10,18H,8-9H2,(H2,15,17). The first-order valence-corrected chi connectivity index (χ1v) is 5.90. The Morgan fingerprint density at radius 2 is 2.00 bits per heavy atom. The highest BCUT2D eigenvalue weighted by Crippen LogP contribution is 2.08. The van der Waals surface area contributed by atoms with Crippen LogP contribution in [0.25, 0.3) is 0 Å². The van der Waals surface area contributed by atoms with Crippen molar-refractivity contribution in [3.8, 4) is 5.88 Å². The topological polar surface area (TPSA) is 80.7 Å². The van der Waals surface area contributed by atoms with Gasteiger partial charge in [-0.05, 0) is 11.6 Å². The van der Waals surface area contributed by atoms with Crippen molar-refractivity contribution in [1.29, 1.82) is 0 Å². The first-order chi connectivity index (χ1) is 9.29. The molecule has 1 aromatic heterocycles. The summed E-state index contributed by atoms with van der Waals surface area (Å²) in [7, 11) is 0. The number of nitrogens with two attached hydrogens (primary N) is 1. The molecule has 1 heterocycles.